The number of rotatable bonds is 2. The Kier molecular flexibility index (Phi) is 2.81. The Hall–Kier alpha value is -1.58. The Bertz CT molecular complexity index is 392. The normalized spacial score (nSPS) is 24.8. The van der Waals surface area contributed by atoms with Gasteiger partial charge in [0.15, 0.2) is 0 Å². The predicted molar refractivity (Wildman–Crippen MR) is 65.8 cm³/mol. The molecule has 1 aliphatic rings. The van der Waals surface area contributed by atoms with Gasteiger partial charge in [0.2, 0.25) is 0 Å². The summed E-state index contributed by atoms with van der Waals surface area (Å²) in [4.78, 5) is 6.61. The van der Waals surface area contributed by atoms with Crippen LogP contribution in [0.15, 0.2) is 18.3 Å². The van der Waals surface area contributed by atoms with E-state index in [1.165, 1.54) is 0 Å². The first-order chi connectivity index (χ1) is 7.58. The third-order valence-electron chi connectivity index (χ3n) is 3.37. The fraction of sp³-hybridized carbons (Fsp3) is 0.500. The van der Waals surface area contributed by atoms with Gasteiger partial charge in [0.25, 0.3) is 0 Å². The molecule has 1 aromatic rings. The van der Waals surface area contributed by atoms with Crippen LogP contribution in [-0.2, 0) is 0 Å². The molecule has 0 amide bonds. The number of nitrogens with two attached hydrogens (primary N) is 1. The van der Waals surface area contributed by atoms with E-state index in [9.17, 15) is 0 Å². The first-order valence-electron chi connectivity index (χ1n) is 5.63. The van der Waals surface area contributed by atoms with E-state index < -0.39 is 0 Å². The predicted octanol–water partition coefficient (Wildman–Crippen LogP) is 1.46. The molecule has 86 valence electrons. The summed E-state index contributed by atoms with van der Waals surface area (Å²) in [5, 5.41) is 7.41. The lowest BCUT2D eigenvalue weighted by atomic mass is 10.0. The lowest BCUT2D eigenvalue weighted by Crippen LogP contribution is -2.21. The molecule has 0 aromatic carbocycles. The van der Waals surface area contributed by atoms with E-state index in [4.69, 9.17) is 11.1 Å². The second-order valence-corrected chi connectivity index (χ2v) is 4.68. The SMILES string of the molecule is CC1CN(c2cc(C(=N)N)ccn2)CC1C. The fourth-order valence-electron chi connectivity index (χ4n) is 2.08. The molecule has 1 saturated heterocycles. The number of hydrogen-bond donors (Lipinski definition) is 2. The molecule has 0 radical (unpaired) electrons. The van der Waals surface area contributed by atoms with E-state index in [1.54, 1.807) is 12.3 Å². The first kappa shape index (κ1) is 10.9. The van der Waals surface area contributed by atoms with E-state index in [0.29, 0.717) is 11.8 Å². The van der Waals surface area contributed by atoms with Gasteiger partial charge in [0, 0.05) is 24.8 Å². The molecule has 0 aliphatic carbocycles. The van der Waals surface area contributed by atoms with Crippen LogP contribution in [0.3, 0.4) is 0 Å². The van der Waals surface area contributed by atoms with Crippen molar-refractivity contribution in [1.29, 1.82) is 5.41 Å². The molecule has 0 spiro atoms. The number of nitrogens with one attached hydrogen (secondary N) is 1. The number of hydrogen-bond acceptors (Lipinski definition) is 3. The van der Waals surface area contributed by atoms with Crippen molar-refractivity contribution < 1.29 is 0 Å². The lowest BCUT2D eigenvalue weighted by molar-refractivity contribution is 0.494. The van der Waals surface area contributed by atoms with Gasteiger partial charge in [-0.3, -0.25) is 5.41 Å². The van der Waals surface area contributed by atoms with Crippen LogP contribution in [0.1, 0.15) is 19.4 Å². The molecular weight excluding hydrogens is 200 g/mol. The zero-order chi connectivity index (χ0) is 11.7. The third kappa shape index (κ3) is 2.01. The molecule has 2 unspecified atom stereocenters. The quantitative estimate of drug-likeness (QED) is 0.583. The molecule has 16 heavy (non-hydrogen) atoms. The van der Waals surface area contributed by atoms with Gasteiger partial charge in [-0.2, -0.15) is 0 Å². The van der Waals surface area contributed by atoms with Gasteiger partial charge in [-0.25, -0.2) is 4.98 Å². The summed E-state index contributed by atoms with van der Waals surface area (Å²) in [7, 11) is 0. The van der Waals surface area contributed by atoms with Gasteiger partial charge in [0.05, 0.1) is 0 Å². The van der Waals surface area contributed by atoms with Gasteiger partial charge in [-0.05, 0) is 24.0 Å². The van der Waals surface area contributed by atoms with Crippen molar-refractivity contribution in [2.24, 2.45) is 17.6 Å². The summed E-state index contributed by atoms with van der Waals surface area (Å²) in [5.41, 5.74) is 6.22. The molecule has 0 bridgehead atoms. The number of nitrogens with zero attached hydrogens (tertiary/aromatic N) is 2. The molecule has 1 aliphatic heterocycles. The molecule has 0 saturated carbocycles. The van der Waals surface area contributed by atoms with Crippen molar-refractivity contribution in [2.45, 2.75) is 13.8 Å². The molecule has 2 heterocycles. The summed E-state index contributed by atoms with van der Waals surface area (Å²) in [5.74, 6) is 2.43. The van der Waals surface area contributed by atoms with Crippen molar-refractivity contribution in [3.05, 3.63) is 23.9 Å². The van der Waals surface area contributed by atoms with Gasteiger partial charge in [-0.1, -0.05) is 13.8 Å². The average molecular weight is 218 g/mol. The van der Waals surface area contributed by atoms with Crippen LogP contribution in [-0.4, -0.2) is 23.9 Å². The Morgan fingerprint density at radius 3 is 2.62 bits per heavy atom. The average Bonchev–Trinajstić information content (AvgIpc) is 2.59. The number of anilines is 1. The summed E-state index contributed by atoms with van der Waals surface area (Å²) in [6.45, 7) is 6.60. The smallest absolute Gasteiger partial charge is 0.129 e. The van der Waals surface area contributed by atoms with Crippen LogP contribution in [0.25, 0.3) is 0 Å². The van der Waals surface area contributed by atoms with E-state index >= 15 is 0 Å². The molecule has 3 N–H and O–H groups in total. The zero-order valence-electron chi connectivity index (χ0n) is 9.77. The highest BCUT2D eigenvalue weighted by Gasteiger charge is 2.26. The summed E-state index contributed by atoms with van der Waals surface area (Å²) in [6, 6.07) is 3.67. The van der Waals surface area contributed by atoms with Crippen LogP contribution in [0.5, 0.6) is 0 Å². The van der Waals surface area contributed by atoms with Gasteiger partial charge in [-0.15, -0.1) is 0 Å². The number of nitrogen functional groups attached to an aromatic ring is 1. The number of pyridine rings is 1. The zero-order valence-corrected chi connectivity index (χ0v) is 9.77. The molecule has 1 aromatic heterocycles. The van der Waals surface area contributed by atoms with Crippen LogP contribution in [0.2, 0.25) is 0 Å². The van der Waals surface area contributed by atoms with E-state index in [1.807, 2.05) is 6.07 Å². The van der Waals surface area contributed by atoms with Crippen LogP contribution >= 0.6 is 0 Å². The second-order valence-electron chi connectivity index (χ2n) is 4.68. The second kappa shape index (κ2) is 4.12. The number of aromatic nitrogens is 1. The van der Waals surface area contributed by atoms with Crippen molar-refractivity contribution in [3.63, 3.8) is 0 Å². The maximum atomic E-state index is 7.41. The minimum Gasteiger partial charge on any atom is -0.384 e. The van der Waals surface area contributed by atoms with Crippen LogP contribution < -0.4 is 10.6 Å². The molecular formula is C12H18N4. The summed E-state index contributed by atoms with van der Waals surface area (Å²) in [6.07, 6.45) is 1.72. The van der Waals surface area contributed by atoms with E-state index in [-0.39, 0.29) is 5.84 Å². The Morgan fingerprint density at radius 2 is 2.06 bits per heavy atom. The monoisotopic (exact) mass is 218 g/mol. The molecule has 1 fully saturated rings. The minimum absolute atomic E-state index is 0.101. The third-order valence-corrected chi connectivity index (χ3v) is 3.37. The standard InChI is InChI=1S/C12H18N4/c1-8-6-16(7-9(8)2)11-5-10(12(13)14)3-4-15-11/h3-5,8-9H,6-7H2,1-2H3,(H3,13,14). The maximum absolute atomic E-state index is 7.41. The van der Waals surface area contributed by atoms with Crippen molar-refractivity contribution in [2.75, 3.05) is 18.0 Å². The van der Waals surface area contributed by atoms with E-state index in [0.717, 1.165) is 24.5 Å². The summed E-state index contributed by atoms with van der Waals surface area (Å²) >= 11 is 0. The highest BCUT2D eigenvalue weighted by molar-refractivity contribution is 5.95. The molecule has 2 atom stereocenters. The van der Waals surface area contributed by atoms with Gasteiger partial charge >= 0.3 is 0 Å². The minimum atomic E-state index is 0.101. The first-order valence-corrected chi connectivity index (χ1v) is 5.63. The molecule has 4 nitrogen and oxygen atoms in total. The van der Waals surface area contributed by atoms with Crippen molar-refractivity contribution >= 4 is 11.7 Å². The van der Waals surface area contributed by atoms with E-state index in [2.05, 4.69) is 23.7 Å². The van der Waals surface area contributed by atoms with Crippen LogP contribution in [0.4, 0.5) is 5.82 Å². The maximum Gasteiger partial charge on any atom is 0.129 e. The largest absolute Gasteiger partial charge is 0.384 e. The number of amidine groups is 1. The highest BCUT2D eigenvalue weighted by atomic mass is 15.2. The summed E-state index contributed by atoms with van der Waals surface area (Å²) < 4.78 is 0. The topological polar surface area (TPSA) is 66.0 Å². The van der Waals surface area contributed by atoms with Crippen molar-refractivity contribution in [3.8, 4) is 0 Å². The Labute approximate surface area is 96.0 Å². The van der Waals surface area contributed by atoms with Gasteiger partial charge < -0.3 is 10.6 Å². The molecule has 2 rings (SSSR count). The lowest BCUT2D eigenvalue weighted by Gasteiger charge is -2.17. The van der Waals surface area contributed by atoms with Crippen LogP contribution in [0, 0.1) is 17.2 Å². The highest BCUT2D eigenvalue weighted by Crippen LogP contribution is 2.26. The fourth-order valence-corrected chi connectivity index (χ4v) is 2.08. The molecule has 4 heteroatoms. The van der Waals surface area contributed by atoms with Gasteiger partial charge in [0.1, 0.15) is 11.7 Å². The van der Waals surface area contributed by atoms with Crippen molar-refractivity contribution in [1.82, 2.24) is 4.98 Å². The Morgan fingerprint density at radius 1 is 1.44 bits per heavy atom. The Balaban J connectivity index is 2.21.